The van der Waals surface area contributed by atoms with Crippen molar-refractivity contribution < 1.29 is 18.3 Å². The van der Waals surface area contributed by atoms with Gasteiger partial charge in [0, 0.05) is 12.6 Å². The number of ether oxygens (including phenoxy) is 1. The van der Waals surface area contributed by atoms with E-state index < -0.39 is 17.5 Å². The van der Waals surface area contributed by atoms with E-state index in [4.69, 9.17) is 4.74 Å². The molecule has 1 amide bonds. The van der Waals surface area contributed by atoms with Crippen LogP contribution in [0, 0.1) is 11.6 Å². The van der Waals surface area contributed by atoms with Gasteiger partial charge < -0.3 is 9.30 Å². The molecular weight excluding hydrogens is 382 g/mol. The fourth-order valence-electron chi connectivity index (χ4n) is 3.21. The summed E-state index contributed by atoms with van der Waals surface area (Å²) in [5, 5.41) is 1.83. The molecule has 1 aromatic heterocycles. The van der Waals surface area contributed by atoms with Crippen molar-refractivity contribution in [3.05, 3.63) is 70.5 Å². The Labute approximate surface area is 163 Å². The number of hydrogen-bond donors (Lipinski definition) is 0. The molecule has 1 heterocycles. The van der Waals surface area contributed by atoms with Crippen molar-refractivity contribution in [3.8, 4) is 5.75 Å². The Kier molecular flexibility index (Phi) is 4.68. The number of nitrogens with zero attached hydrogens (tertiary/aromatic N) is 2. The van der Waals surface area contributed by atoms with Gasteiger partial charge in [-0.15, -0.1) is 0 Å². The number of amides is 1. The molecule has 0 saturated heterocycles. The standard InChI is InChI=1S/C21H16F2N2O2S/c1-3-25-19-16(23)10-14(22)11-18(19)28-21(25)24-20(26)15-8-12-6-4-5-7-13(12)9-17(15)27-2/h4-11H,3H2,1-2H3. The molecule has 28 heavy (non-hydrogen) atoms. The summed E-state index contributed by atoms with van der Waals surface area (Å²) in [6.45, 7) is 2.21. The van der Waals surface area contributed by atoms with Gasteiger partial charge in [-0.25, -0.2) is 8.78 Å². The van der Waals surface area contributed by atoms with Crippen molar-refractivity contribution in [1.82, 2.24) is 4.57 Å². The largest absolute Gasteiger partial charge is 0.496 e. The molecule has 3 aromatic carbocycles. The van der Waals surface area contributed by atoms with Crippen molar-refractivity contribution in [1.29, 1.82) is 0 Å². The fourth-order valence-corrected chi connectivity index (χ4v) is 4.34. The van der Waals surface area contributed by atoms with E-state index in [1.807, 2.05) is 31.2 Å². The molecule has 4 aromatic rings. The van der Waals surface area contributed by atoms with Gasteiger partial charge >= 0.3 is 0 Å². The summed E-state index contributed by atoms with van der Waals surface area (Å²) in [4.78, 5) is 17.4. The Morgan fingerprint density at radius 1 is 1.14 bits per heavy atom. The Bertz CT molecular complexity index is 1290. The van der Waals surface area contributed by atoms with Crippen LogP contribution < -0.4 is 9.54 Å². The summed E-state index contributed by atoms with van der Waals surface area (Å²) in [5.74, 6) is -1.43. The summed E-state index contributed by atoms with van der Waals surface area (Å²) < 4.78 is 35.2. The molecule has 4 nitrogen and oxygen atoms in total. The second kappa shape index (κ2) is 7.16. The number of thiazole rings is 1. The van der Waals surface area contributed by atoms with E-state index in [1.54, 1.807) is 16.7 Å². The average Bonchev–Trinajstić information content (AvgIpc) is 3.03. The quantitative estimate of drug-likeness (QED) is 0.492. The average molecular weight is 398 g/mol. The van der Waals surface area contributed by atoms with Crippen molar-refractivity contribution in [2.45, 2.75) is 13.5 Å². The molecule has 0 fully saturated rings. The first-order valence-corrected chi connectivity index (χ1v) is 9.47. The number of aromatic nitrogens is 1. The Balaban J connectivity index is 1.91. The van der Waals surface area contributed by atoms with Crippen LogP contribution in [0.5, 0.6) is 5.75 Å². The van der Waals surface area contributed by atoms with Crippen molar-refractivity contribution in [2.24, 2.45) is 4.99 Å². The monoisotopic (exact) mass is 398 g/mol. The number of rotatable bonds is 3. The SMILES string of the molecule is CCn1c(=NC(=O)c2cc3ccccc3cc2OC)sc2cc(F)cc(F)c21. The zero-order chi connectivity index (χ0) is 19.8. The number of fused-ring (bicyclic) bond motifs is 2. The summed E-state index contributed by atoms with van der Waals surface area (Å²) in [6.07, 6.45) is 0. The van der Waals surface area contributed by atoms with Crippen molar-refractivity contribution in [2.75, 3.05) is 7.11 Å². The Morgan fingerprint density at radius 2 is 1.86 bits per heavy atom. The third kappa shape index (κ3) is 3.07. The molecule has 0 radical (unpaired) electrons. The highest BCUT2D eigenvalue weighted by atomic mass is 32.1. The molecule has 0 unspecified atom stereocenters. The smallest absolute Gasteiger partial charge is 0.283 e. The highest BCUT2D eigenvalue weighted by Crippen LogP contribution is 2.27. The molecule has 0 aliphatic heterocycles. The molecule has 0 N–H and O–H groups in total. The summed E-state index contributed by atoms with van der Waals surface area (Å²) in [7, 11) is 1.49. The lowest BCUT2D eigenvalue weighted by Crippen LogP contribution is -2.16. The van der Waals surface area contributed by atoms with Crippen LogP contribution >= 0.6 is 11.3 Å². The highest BCUT2D eigenvalue weighted by Gasteiger charge is 2.16. The van der Waals surface area contributed by atoms with E-state index in [9.17, 15) is 13.6 Å². The Hall–Kier alpha value is -3.06. The molecule has 0 spiro atoms. The van der Waals surface area contributed by atoms with Crippen LogP contribution in [0.4, 0.5) is 8.78 Å². The minimum atomic E-state index is -0.676. The Morgan fingerprint density at radius 3 is 2.54 bits per heavy atom. The molecule has 0 atom stereocenters. The highest BCUT2D eigenvalue weighted by molar-refractivity contribution is 7.16. The van der Waals surface area contributed by atoms with Crippen LogP contribution in [-0.2, 0) is 6.54 Å². The summed E-state index contributed by atoms with van der Waals surface area (Å²) >= 11 is 1.07. The van der Waals surface area contributed by atoms with E-state index >= 15 is 0 Å². The van der Waals surface area contributed by atoms with Gasteiger partial charge in [-0.2, -0.15) is 4.99 Å². The number of aryl methyl sites for hydroxylation is 1. The van der Waals surface area contributed by atoms with Crippen molar-refractivity contribution in [3.63, 3.8) is 0 Å². The number of carbonyl (C=O) groups is 1. The molecular formula is C21H16F2N2O2S. The molecule has 142 valence electrons. The molecule has 4 rings (SSSR count). The number of benzene rings is 3. The third-order valence-electron chi connectivity index (χ3n) is 4.51. The van der Waals surface area contributed by atoms with Gasteiger partial charge in [-0.3, -0.25) is 4.79 Å². The summed E-state index contributed by atoms with van der Waals surface area (Å²) in [6, 6.07) is 13.2. The van der Waals surface area contributed by atoms with E-state index in [0.717, 1.165) is 28.2 Å². The minimum absolute atomic E-state index is 0.242. The summed E-state index contributed by atoms with van der Waals surface area (Å²) in [5.41, 5.74) is 0.555. The maximum Gasteiger partial charge on any atom is 0.283 e. The van der Waals surface area contributed by atoms with E-state index in [1.165, 1.54) is 13.2 Å². The van der Waals surface area contributed by atoms with Gasteiger partial charge in [0.15, 0.2) is 10.6 Å². The molecule has 0 aliphatic carbocycles. The van der Waals surface area contributed by atoms with Gasteiger partial charge in [0.05, 0.1) is 22.9 Å². The predicted molar refractivity (Wildman–Crippen MR) is 106 cm³/mol. The number of carbonyl (C=O) groups excluding carboxylic acids is 1. The van der Waals surface area contributed by atoms with Crippen LogP contribution in [0.1, 0.15) is 17.3 Å². The predicted octanol–water partition coefficient (Wildman–Crippen LogP) is 4.90. The molecule has 7 heteroatoms. The molecule has 0 bridgehead atoms. The zero-order valence-corrected chi connectivity index (χ0v) is 16.0. The third-order valence-corrected chi connectivity index (χ3v) is 5.53. The van der Waals surface area contributed by atoms with E-state index in [-0.39, 0.29) is 5.52 Å². The first-order valence-electron chi connectivity index (χ1n) is 8.66. The van der Waals surface area contributed by atoms with Crippen LogP contribution in [0.25, 0.3) is 21.0 Å². The number of hydrogen-bond acceptors (Lipinski definition) is 3. The fraction of sp³-hybridized carbons (Fsp3) is 0.143. The number of halogens is 2. The maximum atomic E-state index is 14.3. The normalized spacial score (nSPS) is 12.1. The first kappa shape index (κ1) is 18.3. The van der Waals surface area contributed by atoms with Crippen LogP contribution in [-0.4, -0.2) is 17.6 Å². The second-order valence-corrected chi connectivity index (χ2v) is 7.19. The van der Waals surface area contributed by atoms with Gasteiger partial charge in [-0.05, 0) is 35.9 Å². The lowest BCUT2D eigenvalue weighted by Gasteiger charge is -2.08. The molecule has 0 aliphatic rings. The first-order chi connectivity index (χ1) is 13.5. The van der Waals surface area contributed by atoms with Gasteiger partial charge in [-0.1, -0.05) is 35.6 Å². The van der Waals surface area contributed by atoms with Crippen LogP contribution in [0.15, 0.2) is 53.5 Å². The maximum absolute atomic E-state index is 14.3. The van der Waals surface area contributed by atoms with Crippen LogP contribution in [0.2, 0.25) is 0 Å². The second-order valence-electron chi connectivity index (χ2n) is 6.18. The zero-order valence-electron chi connectivity index (χ0n) is 15.2. The lowest BCUT2D eigenvalue weighted by molar-refractivity contribution is 0.0995. The van der Waals surface area contributed by atoms with Gasteiger partial charge in [0.2, 0.25) is 0 Å². The topological polar surface area (TPSA) is 43.6 Å². The van der Waals surface area contributed by atoms with E-state index in [2.05, 4.69) is 4.99 Å². The number of methoxy groups -OCH3 is 1. The minimum Gasteiger partial charge on any atom is -0.496 e. The van der Waals surface area contributed by atoms with Gasteiger partial charge in [0.25, 0.3) is 5.91 Å². The lowest BCUT2D eigenvalue weighted by atomic mass is 10.1. The molecule has 0 saturated carbocycles. The van der Waals surface area contributed by atoms with Crippen molar-refractivity contribution >= 4 is 38.2 Å². The van der Waals surface area contributed by atoms with Gasteiger partial charge in [0.1, 0.15) is 11.6 Å². The van der Waals surface area contributed by atoms with Crippen LogP contribution in [0.3, 0.4) is 0 Å². The van der Waals surface area contributed by atoms with E-state index in [0.29, 0.717) is 27.4 Å².